The third kappa shape index (κ3) is 9.95. The quantitative estimate of drug-likeness (QED) is 0.469. The molecule has 0 aliphatic carbocycles. The SMILES string of the molecule is CCOC(=O)C(Cc1cccc(OCCc2ccc(NC(=O)OC(C)(C)C)cc2)c1)OCC. The molecule has 0 aliphatic rings. The van der Waals surface area contributed by atoms with Crippen molar-refractivity contribution in [3.63, 3.8) is 0 Å². The van der Waals surface area contributed by atoms with Gasteiger partial charge in [0.2, 0.25) is 0 Å². The number of ether oxygens (including phenoxy) is 4. The molecule has 33 heavy (non-hydrogen) atoms. The largest absolute Gasteiger partial charge is 0.493 e. The van der Waals surface area contributed by atoms with E-state index in [1.165, 1.54) is 0 Å². The molecular formula is C26H35NO6. The predicted molar refractivity (Wildman–Crippen MR) is 128 cm³/mol. The van der Waals surface area contributed by atoms with Crippen LogP contribution in [0, 0.1) is 0 Å². The van der Waals surface area contributed by atoms with E-state index in [1.807, 2.05) is 76.2 Å². The van der Waals surface area contributed by atoms with Crippen molar-refractivity contribution < 1.29 is 28.5 Å². The summed E-state index contributed by atoms with van der Waals surface area (Å²) in [6.45, 7) is 10.4. The van der Waals surface area contributed by atoms with Gasteiger partial charge in [0.1, 0.15) is 11.4 Å². The number of nitrogens with one attached hydrogen (secondary N) is 1. The van der Waals surface area contributed by atoms with Gasteiger partial charge in [-0.15, -0.1) is 0 Å². The molecular weight excluding hydrogens is 422 g/mol. The Kier molecular flexibility index (Phi) is 10.2. The number of benzene rings is 2. The minimum atomic E-state index is -0.627. The summed E-state index contributed by atoms with van der Waals surface area (Å²) in [4.78, 5) is 23.9. The van der Waals surface area contributed by atoms with Crippen molar-refractivity contribution in [1.82, 2.24) is 0 Å². The smallest absolute Gasteiger partial charge is 0.412 e. The molecule has 2 rings (SSSR count). The molecule has 0 fully saturated rings. The highest BCUT2D eigenvalue weighted by Crippen LogP contribution is 2.18. The molecule has 1 N–H and O–H groups in total. The summed E-state index contributed by atoms with van der Waals surface area (Å²) in [5, 5.41) is 2.72. The van der Waals surface area contributed by atoms with Crippen molar-refractivity contribution in [2.45, 2.75) is 59.2 Å². The van der Waals surface area contributed by atoms with Crippen LogP contribution in [0.15, 0.2) is 48.5 Å². The van der Waals surface area contributed by atoms with E-state index in [1.54, 1.807) is 6.92 Å². The highest BCUT2D eigenvalue weighted by atomic mass is 16.6. The third-order valence-corrected chi connectivity index (χ3v) is 4.50. The third-order valence-electron chi connectivity index (χ3n) is 4.50. The lowest BCUT2D eigenvalue weighted by molar-refractivity contribution is -0.156. The van der Waals surface area contributed by atoms with Gasteiger partial charge in [-0.2, -0.15) is 0 Å². The first-order valence-electron chi connectivity index (χ1n) is 11.3. The number of esters is 1. The van der Waals surface area contributed by atoms with Crippen LogP contribution in [0.3, 0.4) is 0 Å². The van der Waals surface area contributed by atoms with Crippen LogP contribution in [0.4, 0.5) is 10.5 Å². The lowest BCUT2D eigenvalue weighted by Crippen LogP contribution is -2.29. The maximum Gasteiger partial charge on any atom is 0.412 e. The number of carbonyl (C=O) groups excluding carboxylic acids is 2. The summed E-state index contributed by atoms with van der Waals surface area (Å²) in [5.74, 6) is 0.380. The summed E-state index contributed by atoms with van der Waals surface area (Å²) in [5.41, 5.74) is 2.16. The Bertz CT molecular complexity index is 888. The van der Waals surface area contributed by atoms with Crippen LogP contribution in [-0.2, 0) is 31.8 Å². The Morgan fingerprint density at radius 2 is 1.70 bits per heavy atom. The van der Waals surface area contributed by atoms with Crippen molar-refractivity contribution in [3.05, 3.63) is 59.7 Å². The van der Waals surface area contributed by atoms with Crippen molar-refractivity contribution in [2.75, 3.05) is 25.1 Å². The van der Waals surface area contributed by atoms with Crippen LogP contribution in [0.2, 0.25) is 0 Å². The highest BCUT2D eigenvalue weighted by Gasteiger charge is 2.20. The molecule has 1 unspecified atom stereocenters. The van der Waals surface area contributed by atoms with Crippen molar-refractivity contribution in [1.29, 1.82) is 0 Å². The van der Waals surface area contributed by atoms with E-state index in [4.69, 9.17) is 18.9 Å². The van der Waals surface area contributed by atoms with Crippen LogP contribution >= 0.6 is 0 Å². The van der Waals surface area contributed by atoms with Crippen LogP contribution in [0.5, 0.6) is 5.75 Å². The average molecular weight is 458 g/mol. The molecule has 0 saturated carbocycles. The van der Waals surface area contributed by atoms with Gasteiger partial charge in [0.05, 0.1) is 13.2 Å². The van der Waals surface area contributed by atoms with Crippen LogP contribution in [0.1, 0.15) is 45.7 Å². The van der Waals surface area contributed by atoms with Gasteiger partial charge in [0.15, 0.2) is 6.10 Å². The molecule has 1 atom stereocenters. The maximum absolute atomic E-state index is 12.1. The molecule has 0 spiro atoms. The van der Waals surface area contributed by atoms with Crippen molar-refractivity contribution in [3.8, 4) is 5.75 Å². The molecule has 7 nitrogen and oxygen atoms in total. The molecule has 180 valence electrons. The van der Waals surface area contributed by atoms with Gasteiger partial charge in [-0.25, -0.2) is 9.59 Å². The molecule has 0 aliphatic heterocycles. The number of carbonyl (C=O) groups is 2. The van der Waals surface area contributed by atoms with Crippen LogP contribution in [-0.4, -0.2) is 43.6 Å². The van der Waals surface area contributed by atoms with Crippen molar-refractivity contribution in [2.24, 2.45) is 0 Å². The molecule has 0 heterocycles. The monoisotopic (exact) mass is 457 g/mol. The average Bonchev–Trinajstić information content (AvgIpc) is 2.74. The summed E-state index contributed by atoms with van der Waals surface area (Å²) in [6.07, 6.45) is 0.0307. The first-order chi connectivity index (χ1) is 15.7. The number of hydrogen-bond acceptors (Lipinski definition) is 6. The fourth-order valence-electron chi connectivity index (χ4n) is 3.09. The Hall–Kier alpha value is -3.06. The number of anilines is 1. The summed E-state index contributed by atoms with van der Waals surface area (Å²) in [6, 6.07) is 15.2. The van der Waals surface area contributed by atoms with E-state index >= 15 is 0 Å². The molecule has 7 heteroatoms. The second-order valence-corrected chi connectivity index (χ2v) is 8.47. The zero-order valence-electron chi connectivity index (χ0n) is 20.2. The minimum absolute atomic E-state index is 0.323. The van der Waals surface area contributed by atoms with Gasteiger partial charge in [-0.3, -0.25) is 5.32 Å². The zero-order valence-corrected chi connectivity index (χ0v) is 20.2. The molecule has 0 saturated heterocycles. The molecule has 0 aromatic heterocycles. The van der Waals surface area contributed by atoms with E-state index in [0.29, 0.717) is 38.3 Å². The number of amides is 1. The molecule has 2 aromatic carbocycles. The van der Waals surface area contributed by atoms with Crippen LogP contribution in [0.25, 0.3) is 0 Å². The summed E-state index contributed by atoms with van der Waals surface area (Å²) in [7, 11) is 0. The first-order valence-corrected chi connectivity index (χ1v) is 11.3. The van der Waals surface area contributed by atoms with Gasteiger partial charge in [0.25, 0.3) is 0 Å². The lowest BCUT2D eigenvalue weighted by atomic mass is 10.1. The Labute approximate surface area is 196 Å². The minimum Gasteiger partial charge on any atom is -0.493 e. The highest BCUT2D eigenvalue weighted by molar-refractivity contribution is 5.84. The topological polar surface area (TPSA) is 83.1 Å². The summed E-state index contributed by atoms with van der Waals surface area (Å²) < 4.78 is 21.8. The second-order valence-electron chi connectivity index (χ2n) is 8.47. The van der Waals surface area contributed by atoms with E-state index in [9.17, 15) is 9.59 Å². The fourth-order valence-corrected chi connectivity index (χ4v) is 3.09. The molecule has 0 bridgehead atoms. The van der Waals surface area contributed by atoms with Gasteiger partial charge >= 0.3 is 12.1 Å². The lowest BCUT2D eigenvalue weighted by Gasteiger charge is -2.19. The number of rotatable bonds is 11. The Morgan fingerprint density at radius 1 is 0.970 bits per heavy atom. The Balaban J connectivity index is 1.85. The molecule has 0 radical (unpaired) electrons. The summed E-state index contributed by atoms with van der Waals surface area (Å²) >= 11 is 0. The van der Waals surface area contributed by atoms with E-state index in [-0.39, 0.29) is 5.97 Å². The number of hydrogen-bond donors (Lipinski definition) is 1. The predicted octanol–water partition coefficient (Wildman–Crippen LogP) is 5.17. The van der Waals surface area contributed by atoms with E-state index in [2.05, 4.69) is 5.32 Å². The van der Waals surface area contributed by atoms with Gasteiger partial charge in [-0.1, -0.05) is 24.3 Å². The normalized spacial score (nSPS) is 12.0. The second kappa shape index (κ2) is 12.8. The first kappa shape index (κ1) is 26.2. The molecule has 1 amide bonds. The van der Waals surface area contributed by atoms with E-state index in [0.717, 1.165) is 16.9 Å². The maximum atomic E-state index is 12.1. The standard InChI is InChI=1S/C26H35NO6/c1-6-30-23(24(28)31-7-2)18-20-9-8-10-22(17-20)32-16-15-19-11-13-21(14-12-19)27-25(29)33-26(3,4)5/h8-14,17,23H,6-7,15-16,18H2,1-5H3,(H,27,29). The van der Waals surface area contributed by atoms with E-state index < -0.39 is 17.8 Å². The zero-order chi connectivity index (χ0) is 24.3. The molecule has 2 aromatic rings. The Morgan fingerprint density at radius 3 is 2.33 bits per heavy atom. The fraction of sp³-hybridized carbons (Fsp3) is 0.462. The van der Waals surface area contributed by atoms with Crippen LogP contribution < -0.4 is 10.1 Å². The van der Waals surface area contributed by atoms with Gasteiger partial charge < -0.3 is 18.9 Å². The van der Waals surface area contributed by atoms with Gasteiger partial charge in [0, 0.05) is 25.1 Å². The van der Waals surface area contributed by atoms with Gasteiger partial charge in [-0.05, 0) is 70.0 Å². The van der Waals surface area contributed by atoms with Crippen molar-refractivity contribution >= 4 is 17.7 Å².